The summed E-state index contributed by atoms with van der Waals surface area (Å²) >= 11 is 0.803. The molecule has 0 N–H and O–H groups in total. The highest BCUT2D eigenvalue weighted by molar-refractivity contribution is 8.18. The number of carbonyl (C=O) groups excluding carboxylic acids is 3. The molecule has 174 valence electrons. The van der Waals surface area contributed by atoms with Crippen LogP contribution in [0.1, 0.15) is 25.0 Å². The predicted molar refractivity (Wildman–Crippen MR) is 133 cm³/mol. The molecular formula is C27H25NO5S. The van der Waals surface area contributed by atoms with Crippen molar-refractivity contribution in [1.82, 2.24) is 4.90 Å². The fourth-order valence-corrected chi connectivity index (χ4v) is 4.26. The van der Waals surface area contributed by atoms with Crippen molar-refractivity contribution in [1.29, 1.82) is 0 Å². The van der Waals surface area contributed by atoms with Crippen LogP contribution in [0.3, 0.4) is 0 Å². The van der Waals surface area contributed by atoms with Gasteiger partial charge in [0.25, 0.3) is 11.1 Å². The van der Waals surface area contributed by atoms with Gasteiger partial charge in [-0.15, -0.1) is 0 Å². The summed E-state index contributed by atoms with van der Waals surface area (Å²) in [4.78, 5) is 38.3. The smallest absolute Gasteiger partial charge is 0.326 e. The summed E-state index contributed by atoms with van der Waals surface area (Å²) in [6.07, 6.45) is 1.63. The highest BCUT2D eigenvalue weighted by Gasteiger charge is 2.36. The van der Waals surface area contributed by atoms with Gasteiger partial charge in [-0.25, -0.2) is 0 Å². The fraction of sp³-hybridized carbons (Fsp3) is 0.222. The molecule has 0 unspecified atom stereocenters. The third kappa shape index (κ3) is 5.66. The topological polar surface area (TPSA) is 72.9 Å². The van der Waals surface area contributed by atoms with Crippen molar-refractivity contribution in [2.45, 2.75) is 20.5 Å². The Hall–Kier alpha value is -3.58. The van der Waals surface area contributed by atoms with Crippen LogP contribution in [0.5, 0.6) is 5.75 Å². The number of hydrogen-bond acceptors (Lipinski definition) is 6. The first-order valence-corrected chi connectivity index (χ1v) is 11.8. The quantitative estimate of drug-likeness (QED) is 0.309. The minimum Gasteiger partial charge on any atom is -0.488 e. The number of imide groups is 1. The van der Waals surface area contributed by atoms with E-state index in [1.54, 1.807) is 6.08 Å². The summed E-state index contributed by atoms with van der Waals surface area (Å²) in [7, 11) is 0. The third-order valence-corrected chi connectivity index (χ3v) is 6.06. The number of rotatable bonds is 8. The number of fused-ring (bicyclic) bond motifs is 1. The number of benzene rings is 3. The average Bonchev–Trinajstić information content (AvgIpc) is 3.09. The lowest BCUT2D eigenvalue weighted by Crippen LogP contribution is -2.34. The van der Waals surface area contributed by atoms with E-state index < -0.39 is 23.7 Å². The number of esters is 1. The van der Waals surface area contributed by atoms with Gasteiger partial charge in [0.1, 0.15) is 18.9 Å². The summed E-state index contributed by atoms with van der Waals surface area (Å²) < 4.78 is 11.2. The van der Waals surface area contributed by atoms with Crippen LogP contribution in [0.2, 0.25) is 0 Å². The second-order valence-electron chi connectivity index (χ2n) is 8.35. The minimum absolute atomic E-state index is 0.171. The lowest BCUT2D eigenvalue weighted by molar-refractivity contribution is -0.147. The molecule has 1 aliphatic rings. The van der Waals surface area contributed by atoms with Crippen molar-refractivity contribution in [3.63, 3.8) is 0 Å². The zero-order valence-electron chi connectivity index (χ0n) is 19.0. The zero-order chi connectivity index (χ0) is 24.1. The molecule has 2 amide bonds. The molecule has 0 atom stereocenters. The molecule has 1 aliphatic heterocycles. The lowest BCUT2D eigenvalue weighted by atomic mass is 10.1. The van der Waals surface area contributed by atoms with E-state index in [0.29, 0.717) is 17.9 Å². The predicted octanol–water partition coefficient (Wildman–Crippen LogP) is 5.65. The number of thioether (sulfide) groups is 1. The van der Waals surface area contributed by atoms with Crippen molar-refractivity contribution >= 4 is 45.7 Å². The molecule has 7 heteroatoms. The summed E-state index contributed by atoms with van der Waals surface area (Å²) in [5.41, 5.74) is 1.70. The Balaban J connectivity index is 1.46. The third-order valence-electron chi connectivity index (χ3n) is 5.15. The van der Waals surface area contributed by atoms with Crippen LogP contribution in [-0.4, -0.2) is 35.2 Å². The van der Waals surface area contributed by atoms with E-state index in [0.717, 1.165) is 33.0 Å². The highest BCUT2D eigenvalue weighted by Crippen LogP contribution is 2.34. The summed E-state index contributed by atoms with van der Waals surface area (Å²) in [5.74, 6) is -0.346. The van der Waals surface area contributed by atoms with Crippen molar-refractivity contribution < 1.29 is 23.9 Å². The van der Waals surface area contributed by atoms with E-state index in [-0.39, 0.29) is 17.4 Å². The molecular weight excluding hydrogens is 450 g/mol. The Kier molecular flexibility index (Phi) is 7.33. The monoisotopic (exact) mass is 475 g/mol. The summed E-state index contributed by atoms with van der Waals surface area (Å²) in [6.45, 7) is 4.03. The van der Waals surface area contributed by atoms with Crippen molar-refractivity contribution in [2.75, 3.05) is 13.2 Å². The van der Waals surface area contributed by atoms with Gasteiger partial charge < -0.3 is 9.47 Å². The molecule has 0 aliphatic carbocycles. The first-order chi connectivity index (χ1) is 16.4. The van der Waals surface area contributed by atoms with Gasteiger partial charge in [0, 0.05) is 5.56 Å². The Morgan fingerprint density at radius 2 is 1.74 bits per heavy atom. The van der Waals surface area contributed by atoms with Crippen LogP contribution >= 0.6 is 11.8 Å². The number of nitrogens with zero attached hydrogens (tertiary/aromatic N) is 1. The van der Waals surface area contributed by atoms with Crippen LogP contribution < -0.4 is 4.74 Å². The number of ether oxygens (including phenoxy) is 2. The van der Waals surface area contributed by atoms with Gasteiger partial charge in [0.15, 0.2) is 0 Å². The van der Waals surface area contributed by atoms with Crippen LogP contribution in [0.4, 0.5) is 4.79 Å². The van der Waals surface area contributed by atoms with Crippen molar-refractivity contribution in [3.05, 3.63) is 82.8 Å². The van der Waals surface area contributed by atoms with Crippen molar-refractivity contribution in [2.24, 2.45) is 5.92 Å². The van der Waals surface area contributed by atoms with E-state index in [2.05, 4.69) is 24.3 Å². The van der Waals surface area contributed by atoms with Gasteiger partial charge >= 0.3 is 5.97 Å². The van der Waals surface area contributed by atoms with E-state index in [1.807, 2.05) is 56.3 Å². The van der Waals surface area contributed by atoms with E-state index in [1.165, 1.54) is 0 Å². The minimum atomic E-state index is -0.601. The Morgan fingerprint density at radius 1 is 1.00 bits per heavy atom. The van der Waals surface area contributed by atoms with Crippen LogP contribution in [0, 0.1) is 5.92 Å². The van der Waals surface area contributed by atoms with Gasteiger partial charge in [-0.2, -0.15) is 0 Å². The molecule has 0 bridgehead atoms. The second-order valence-corrected chi connectivity index (χ2v) is 9.35. The standard InChI is InChI=1S/C27H25NO5S/c1-18(2)16-33-25(29)15-28-26(30)24(34-27(28)31)14-22-9-5-6-10-23(22)32-17-19-11-12-20-7-3-4-8-21(20)13-19/h3-14,18H,15-17H2,1-2H3/b24-14-. The Bertz CT molecular complexity index is 1270. The number of para-hydroxylation sites is 1. The maximum absolute atomic E-state index is 12.8. The first-order valence-electron chi connectivity index (χ1n) is 11.0. The van der Waals surface area contributed by atoms with Gasteiger partial charge in [-0.1, -0.05) is 68.4 Å². The molecule has 0 aromatic heterocycles. The number of carbonyl (C=O) groups is 3. The first kappa shape index (κ1) is 23.6. The van der Waals surface area contributed by atoms with E-state index in [9.17, 15) is 14.4 Å². The van der Waals surface area contributed by atoms with Crippen molar-refractivity contribution in [3.8, 4) is 5.75 Å². The van der Waals surface area contributed by atoms with E-state index >= 15 is 0 Å². The molecule has 0 saturated carbocycles. The van der Waals surface area contributed by atoms with Gasteiger partial charge in [-0.05, 0) is 52.2 Å². The lowest BCUT2D eigenvalue weighted by Gasteiger charge is -2.13. The van der Waals surface area contributed by atoms with Crippen LogP contribution in [0.15, 0.2) is 71.6 Å². The Labute approximate surface area is 202 Å². The summed E-state index contributed by atoms with van der Waals surface area (Å²) in [6, 6.07) is 21.6. The average molecular weight is 476 g/mol. The van der Waals surface area contributed by atoms with Crippen LogP contribution in [-0.2, 0) is 20.9 Å². The maximum atomic E-state index is 12.8. The maximum Gasteiger partial charge on any atom is 0.326 e. The summed E-state index contributed by atoms with van der Waals surface area (Å²) in [5, 5.41) is 1.81. The molecule has 1 fully saturated rings. The SMILES string of the molecule is CC(C)COC(=O)CN1C(=O)S/C(=C\c2ccccc2OCc2ccc3ccccc3c2)C1=O. The molecule has 4 rings (SSSR count). The zero-order valence-corrected chi connectivity index (χ0v) is 19.8. The molecule has 1 saturated heterocycles. The molecule has 1 heterocycles. The van der Waals surface area contributed by atoms with Gasteiger partial charge in [0.05, 0.1) is 11.5 Å². The molecule has 3 aromatic rings. The molecule has 0 radical (unpaired) electrons. The fourth-order valence-electron chi connectivity index (χ4n) is 3.43. The molecule has 3 aromatic carbocycles. The highest BCUT2D eigenvalue weighted by atomic mass is 32.2. The molecule has 34 heavy (non-hydrogen) atoms. The van der Waals surface area contributed by atoms with E-state index in [4.69, 9.17) is 9.47 Å². The number of hydrogen-bond donors (Lipinski definition) is 0. The molecule has 0 spiro atoms. The second kappa shape index (κ2) is 10.6. The van der Waals surface area contributed by atoms with Gasteiger partial charge in [0.2, 0.25) is 0 Å². The number of amides is 2. The van der Waals surface area contributed by atoms with Crippen LogP contribution in [0.25, 0.3) is 16.8 Å². The Morgan fingerprint density at radius 3 is 2.53 bits per heavy atom. The largest absolute Gasteiger partial charge is 0.488 e. The van der Waals surface area contributed by atoms with Gasteiger partial charge in [-0.3, -0.25) is 19.3 Å². The normalized spacial score (nSPS) is 14.9. The molecule has 6 nitrogen and oxygen atoms in total.